The van der Waals surface area contributed by atoms with Gasteiger partial charge in [0.2, 0.25) is 0 Å². The number of aromatic nitrogens is 6. The third-order valence-electron chi connectivity index (χ3n) is 3.09. The molecule has 0 amide bonds. The second-order valence-corrected chi connectivity index (χ2v) is 4.82. The summed E-state index contributed by atoms with van der Waals surface area (Å²) in [6.07, 6.45) is -8.19. The first-order chi connectivity index (χ1) is 11.6. The van der Waals surface area contributed by atoms with E-state index in [0.717, 1.165) is 6.20 Å². The Morgan fingerprint density at radius 2 is 1.36 bits per heavy atom. The average molecular weight is 363 g/mol. The fourth-order valence-corrected chi connectivity index (χ4v) is 1.90. The summed E-state index contributed by atoms with van der Waals surface area (Å²) in [7, 11) is 0. The number of anilines is 1. The minimum absolute atomic E-state index is 0.0120. The van der Waals surface area contributed by atoms with Crippen molar-refractivity contribution in [2.24, 2.45) is 0 Å². The van der Waals surface area contributed by atoms with Gasteiger partial charge in [-0.2, -0.15) is 36.5 Å². The minimum atomic E-state index is -4.63. The number of rotatable bonds is 2. The summed E-state index contributed by atoms with van der Waals surface area (Å²) in [6.45, 7) is 0. The van der Waals surface area contributed by atoms with E-state index in [4.69, 9.17) is 5.73 Å². The lowest BCUT2D eigenvalue weighted by Gasteiger charge is -2.03. The highest BCUT2D eigenvalue weighted by Gasteiger charge is 2.34. The van der Waals surface area contributed by atoms with E-state index in [9.17, 15) is 26.3 Å². The summed E-state index contributed by atoms with van der Waals surface area (Å²) >= 11 is 0. The second-order valence-electron chi connectivity index (χ2n) is 4.82. The summed E-state index contributed by atoms with van der Waals surface area (Å²) < 4.78 is 75.3. The van der Waals surface area contributed by atoms with Crippen LogP contribution < -0.4 is 5.73 Å². The summed E-state index contributed by atoms with van der Waals surface area (Å²) in [5.74, 6) is -0.485. The van der Waals surface area contributed by atoms with Gasteiger partial charge in [-0.25, -0.2) is 9.97 Å². The quantitative estimate of drug-likeness (QED) is 0.607. The van der Waals surface area contributed by atoms with Crippen molar-refractivity contribution in [2.45, 2.75) is 12.4 Å². The van der Waals surface area contributed by atoms with Crippen molar-refractivity contribution in [1.29, 1.82) is 0 Å². The van der Waals surface area contributed by atoms with Crippen LogP contribution in [0.3, 0.4) is 0 Å². The van der Waals surface area contributed by atoms with Crippen LogP contribution in [0, 0.1) is 0 Å². The lowest BCUT2D eigenvalue weighted by atomic mass is 10.2. The molecule has 3 aromatic rings. The van der Waals surface area contributed by atoms with Crippen LogP contribution in [0.25, 0.3) is 22.8 Å². The fourth-order valence-electron chi connectivity index (χ4n) is 1.90. The molecule has 132 valence electrons. The highest BCUT2D eigenvalue weighted by molar-refractivity contribution is 5.71. The van der Waals surface area contributed by atoms with Crippen molar-refractivity contribution >= 4 is 5.82 Å². The fraction of sp³-hybridized carbons (Fsp3) is 0.167. The van der Waals surface area contributed by atoms with Gasteiger partial charge in [0.05, 0.1) is 11.3 Å². The number of alkyl halides is 6. The molecule has 0 fully saturated rings. The number of nitrogens with one attached hydrogen (secondary N) is 2. The van der Waals surface area contributed by atoms with E-state index in [-0.39, 0.29) is 28.6 Å². The molecule has 0 unspecified atom stereocenters. The van der Waals surface area contributed by atoms with E-state index in [1.54, 1.807) is 5.10 Å². The summed E-state index contributed by atoms with van der Waals surface area (Å²) in [6, 6.07) is 1.40. The van der Waals surface area contributed by atoms with E-state index in [1.807, 2.05) is 5.10 Å². The molecule has 0 aliphatic heterocycles. The van der Waals surface area contributed by atoms with Crippen LogP contribution in [0.4, 0.5) is 32.2 Å². The Morgan fingerprint density at radius 1 is 0.840 bits per heavy atom. The highest BCUT2D eigenvalue weighted by Crippen LogP contribution is 2.33. The van der Waals surface area contributed by atoms with E-state index in [0.29, 0.717) is 12.1 Å². The standard InChI is InChI=1S/C12H7F6N7/c13-11(14,15)7-1-5(22-24-7)4-3-20-10(21-9(4)19)6-2-8(25-23-6)12(16,17)18/h1-3H,(H,22,24)(H,23,25)(H2,19,20,21). The number of hydrogen-bond acceptors (Lipinski definition) is 5. The molecule has 3 rings (SSSR count). The summed E-state index contributed by atoms with van der Waals surface area (Å²) in [5.41, 5.74) is 3.08. The van der Waals surface area contributed by atoms with Crippen molar-refractivity contribution in [3.8, 4) is 22.8 Å². The monoisotopic (exact) mass is 363 g/mol. The van der Waals surface area contributed by atoms with Crippen molar-refractivity contribution in [1.82, 2.24) is 30.4 Å². The Balaban J connectivity index is 1.94. The number of hydrogen-bond donors (Lipinski definition) is 3. The third-order valence-corrected chi connectivity index (χ3v) is 3.09. The van der Waals surface area contributed by atoms with Gasteiger partial charge in [0.15, 0.2) is 5.82 Å². The van der Waals surface area contributed by atoms with Crippen LogP contribution in [0.5, 0.6) is 0 Å². The first kappa shape index (κ1) is 16.7. The maximum atomic E-state index is 12.6. The van der Waals surface area contributed by atoms with Gasteiger partial charge in [-0.05, 0) is 12.1 Å². The molecular weight excluding hydrogens is 356 g/mol. The predicted molar refractivity (Wildman–Crippen MR) is 71.6 cm³/mol. The first-order valence-electron chi connectivity index (χ1n) is 6.44. The lowest BCUT2D eigenvalue weighted by Crippen LogP contribution is -2.04. The maximum absolute atomic E-state index is 12.6. The van der Waals surface area contributed by atoms with Gasteiger partial charge < -0.3 is 5.73 Å². The van der Waals surface area contributed by atoms with Crippen molar-refractivity contribution in [2.75, 3.05) is 5.73 Å². The number of aromatic amines is 2. The summed E-state index contributed by atoms with van der Waals surface area (Å²) in [5, 5.41) is 10.5. The van der Waals surface area contributed by atoms with Crippen molar-refractivity contribution < 1.29 is 26.3 Å². The number of nitrogen functional groups attached to an aromatic ring is 1. The molecule has 4 N–H and O–H groups in total. The summed E-state index contributed by atoms with van der Waals surface area (Å²) in [4.78, 5) is 7.55. The van der Waals surface area contributed by atoms with Gasteiger partial charge in [-0.1, -0.05) is 0 Å². The van der Waals surface area contributed by atoms with Crippen LogP contribution >= 0.6 is 0 Å². The van der Waals surface area contributed by atoms with Crippen molar-refractivity contribution in [3.63, 3.8) is 0 Å². The third kappa shape index (κ3) is 3.25. The zero-order chi connectivity index (χ0) is 18.4. The lowest BCUT2D eigenvalue weighted by molar-refractivity contribution is -0.142. The minimum Gasteiger partial charge on any atom is -0.383 e. The molecule has 13 heteroatoms. The molecule has 0 bridgehead atoms. The molecule has 0 saturated heterocycles. The molecular formula is C12H7F6N7. The Labute approximate surface area is 134 Å². The number of H-pyrrole nitrogens is 2. The van der Waals surface area contributed by atoms with Gasteiger partial charge in [-0.15, -0.1) is 0 Å². The molecule has 0 spiro atoms. The van der Waals surface area contributed by atoms with Crippen molar-refractivity contribution in [3.05, 3.63) is 29.7 Å². The molecule has 0 radical (unpaired) electrons. The van der Waals surface area contributed by atoms with E-state index >= 15 is 0 Å². The van der Waals surface area contributed by atoms with Gasteiger partial charge in [-0.3, -0.25) is 10.2 Å². The Bertz CT molecular complexity index is 907. The highest BCUT2D eigenvalue weighted by atomic mass is 19.4. The Morgan fingerprint density at radius 3 is 1.84 bits per heavy atom. The topological polar surface area (TPSA) is 109 Å². The van der Waals surface area contributed by atoms with Gasteiger partial charge in [0.1, 0.15) is 22.9 Å². The van der Waals surface area contributed by atoms with Gasteiger partial charge >= 0.3 is 12.4 Å². The molecule has 3 aromatic heterocycles. The SMILES string of the molecule is Nc1nc(-c2cc(C(F)(F)F)[nH]n2)ncc1-c1cc(C(F)(F)F)[nH]n1. The zero-order valence-electron chi connectivity index (χ0n) is 11.9. The second kappa shape index (κ2) is 5.46. The normalized spacial score (nSPS) is 12.6. The van der Waals surface area contributed by atoms with Crippen LogP contribution in [-0.2, 0) is 12.4 Å². The Hall–Kier alpha value is -3.12. The van der Waals surface area contributed by atoms with Gasteiger partial charge in [0, 0.05) is 6.20 Å². The van der Waals surface area contributed by atoms with Crippen LogP contribution in [0.1, 0.15) is 11.4 Å². The molecule has 0 atom stereocenters. The molecule has 0 aromatic carbocycles. The molecule has 3 heterocycles. The van der Waals surface area contributed by atoms with Crippen LogP contribution in [-0.4, -0.2) is 30.4 Å². The number of nitrogens with zero attached hydrogens (tertiary/aromatic N) is 4. The average Bonchev–Trinajstić information content (AvgIpc) is 3.15. The smallest absolute Gasteiger partial charge is 0.383 e. The zero-order valence-corrected chi connectivity index (χ0v) is 11.9. The number of nitrogens with two attached hydrogens (primary N) is 1. The largest absolute Gasteiger partial charge is 0.432 e. The Kier molecular flexibility index (Phi) is 3.65. The van der Waals surface area contributed by atoms with E-state index < -0.39 is 23.7 Å². The van der Waals surface area contributed by atoms with Crippen LogP contribution in [0.2, 0.25) is 0 Å². The van der Waals surface area contributed by atoms with E-state index in [1.165, 1.54) is 0 Å². The molecule has 0 aliphatic rings. The molecule has 0 aliphatic carbocycles. The maximum Gasteiger partial charge on any atom is 0.432 e. The first-order valence-corrected chi connectivity index (χ1v) is 6.44. The molecule has 0 saturated carbocycles. The number of halogens is 6. The van der Waals surface area contributed by atoms with Crippen LogP contribution in [0.15, 0.2) is 18.3 Å². The predicted octanol–water partition coefficient (Wildman–Crippen LogP) is 2.88. The molecule has 7 nitrogen and oxygen atoms in total. The molecule has 25 heavy (non-hydrogen) atoms. The van der Waals surface area contributed by atoms with E-state index in [2.05, 4.69) is 20.2 Å². The van der Waals surface area contributed by atoms with Gasteiger partial charge in [0.25, 0.3) is 0 Å².